The van der Waals surface area contributed by atoms with Crippen molar-refractivity contribution in [3.63, 3.8) is 0 Å². The number of nitrogens with one attached hydrogen (secondary N) is 1. The smallest absolute Gasteiger partial charge is 0.337 e. The van der Waals surface area contributed by atoms with Gasteiger partial charge in [0, 0.05) is 23.9 Å². The molecule has 0 aliphatic rings. The van der Waals surface area contributed by atoms with E-state index >= 15 is 0 Å². The van der Waals surface area contributed by atoms with E-state index in [0.29, 0.717) is 28.5 Å². The predicted molar refractivity (Wildman–Crippen MR) is 95.5 cm³/mol. The molecule has 0 saturated carbocycles. The van der Waals surface area contributed by atoms with Gasteiger partial charge in [-0.2, -0.15) is 0 Å². The molecule has 2 aromatic heterocycles. The highest BCUT2D eigenvalue weighted by Gasteiger charge is 2.16. The molecular weight excluding hydrogens is 342 g/mol. The predicted octanol–water partition coefficient (Wildman–Crippen LogP) is 3.25. The molecule has 0 spiro atoms. The Kier molecular flexibility index (Phi) is 5.08. The number of fused-ring (bicyclic) bond motifs is 1. The minimum Gasteiger partial charge on any atom is -0.494 e. The van der Waals surface area contributed by atoms with Gasteiger partial charge >= 0.3 is 5.63 Å². The highest BCUT2D eigenvalue weighted by Crippen LogP contribution is 2.24. The van der Waals surface area contributed by atoms with Crippen LogP contribution < -0.4 is 15.7 Å². The summed E-state index contributed by atoms with van der Waals surface area (Å²) in [6, 6.07) is 6.20. The first-order valence-corrected chi connectivity index (χ1v) is 8.76. The fourth-order valence-corrected chi connectivity index (χ4v) is 3.21. The van der Waals surface area contributed by atoms with Gasteiger partial charge in [-0.1, -0.05) is 18.3 Å². The third kappa shape index (κ3) is 3.85. The first-order valence-electron chi connectivity index (χ1n) is 7.95. The first-order chi connectivity index (χ1) is 12.1. The van der Waals surface area contributed by atoms with Gasteiger partial charge in [0.15, 0.2) is 0 Å². The lowest BCUT2D eigenvalue weighted by Crippen LogP contribution is -2.15. The number of rotatable bonds is 6. The van der Waals surface area contributed by atoms with E-state index in [4.69, 9.17) is 9.15 Å². The molecule has 7 nitrogen and oxygen atoms in total. The van der Waals surface area contributed by atoms with E-state index in [0.717, 1.165) is 17.8 Å². The lowest BCUT2D eigenvalue weighted by atomic mass is 10.1. The van der Waals surface area contributed by atoms with Crippen molar-refractivity contribution in [2.24, 2.45) is 0 Å². The fourth-order valence-electron chi connectivity index (χ4n) is 2.37. The van der Waals surface area contributed by atoms with Crippen molar-refractivity contribution in [3.8, 4) is 5.75 Å². The summed E-state index contributed by atoms with van der Waals surface area (Å²) in [6.45, 7) is 4.40. The van der Waals surface area contributed by atoms with Gasteiger partial charge < -0.3 is 9.15 Å². The molecule has 0 aliphatic heterocycles. The van der Waals surface area contributed by atoms with Gasteiger partial charge in [-0.05, 0) is 25.5 Å². The molecule has 3 aromatic rings. The average Bonchev–Trinajstić information content (AvgIpc) is 3.01. The highest BCUT2D eigenvalue weighted by atomic mass is 32.1. The number of aryl methyl sites for hydroxylation is 1. The molecule has 1 aromatic carbocycles. The van der Waals surface area contributed by atoms with Gasteiger partial charge in [0.25, 0.3) is 5.91 Å². The summed E-state index contributed by atoms with van der Waals surface area (Å²) in [7, 11) is 0. The van der Waals surface area contributed by atoms with Crippen LogP contribution in [0.4, 0.5) is 5.13 Å². The quantitative estimate of drug-likeness (QED) is 0.679. The van der Waals surface area contributed by atoms with Crippen molar-refractivity contribution in [2.75, 3.05) is 11.9 Å². The Morgan fingerprint density at radius 3 is 2.88 bits per heavy atom. The third-order valence-corrected chi connectivity index (χ3v) is 4.32. The van der Waals surface area contributed by atoms with Gasteiger partial charge in [-0.15, -0.1) is 10.2 Å². The van der Waals surface area contributed by atoms with Gasteiger partial charge in [0.05, 0.1) is 12.2 Å². The standard InChI is InChI=1S/C17H17N3O4S/c1-3-5-14-19-20-17(25-14)18-16(22)12-9-15(21)24-13-8-10(23-4-2)6-7-11(12)13/h6-9H,3-5H2,1-2H3,(H,18,20,22). The minimum absolute atomic E-state index is 0.224. The second-order valence-electron chi connectivity index (χ2n) is 5.28. The molecule has 0 fully saturated rings. The van der Waals surface area contributed by atoms with Crippen LogP contribution in [-0.2, 0) is 6.42 Å². The number of nitrogens with zero attached hydrogens (tertiary/aromatic N) is 2. The number of amides is 1. The number of ether oxygens (including phenoxy) is 1. The number of carbonyl (C=O) groups excluding carboxylic acids is 1. The van der Waals surface area contributed by atoms with Crippen molar-refractivity contribution in [1.82, 2.24) is 10.2 Å². The maximum Gasteiger partial charge on any atom is 0.337 e. The van der Waals surface area contributed by atoms with Crippen molar-refractivity contribution in [1.29, 1.82) is 0 Å². The molecule has 0 atom stereocenters. The number of benzene rings is 1. The van der Waals surface area contributed by atoms with Gasteiger partial charge in [-0.3, -0.25) is 10.1 Å². The van der Waals surface area contributed by atoms with Crippen molar-refractivity contribution in [2.45, 2.75) is 26.7 Å². The van der Waals surface area contributed by atoms with Crippen LogP contribution in [0.3, 0.4) is 0 Å². The molecule has 0 aliphatic carbocycles. The van der Waals surface area contributed by atoms with Crippen LogP contribution in [0.15, 0.2) is 33.5 Å². The fraction of sp³-hybridized carbons (Fsp3) is 0.294. The molecule has 130 valence electrons. The normalized spacial score (nSPS) is 10.8. The van der Waals surface area contributed by atoms with E-state index in [-0.39, 0.29) is 5.56 Å². The van der Waals surface area contributed by atoms with Crippen molar-refractivity contribution >= 4 is 33.3 Å². The van der Waals surface area contributed by atoms with E-state index in [1.54, 1.807) is 18.2 Å². The van der Waals surface area contributed by atoms with Crippen LogP contribution in [0.1, 0.15) is 35.6 Å². The summed E-state index contributed by atoms with van der Waals surface area (Å²) in [5.74, 6) is 0.144. The van der Waals surface area contributed by atoms with E-state index < -0.39 is 11.5 Å². The lowest BCUT2D eigenvalue weighted by Gasteiger charge is -2.07. The summed E-state index contributed by atoms with van der Waals surface area (Å²) in [6.07, 6.45) is 1.76. The van der Waals surface area contributed by atoms with Gasteiger partial charge in [0.2, 0.25) is 5.13 Å². The van der Waals surface area contributed by atoms with Crippen LogP contribution in [0.5, 0.6) is 5.75 Å². The largest absolute Gasteiger partial charge is 0.494 e. The SMILES string of the molecule is CCCc1nnc(NC(=O)c2cc(=O)oc3cc(OCC)ccc23)s1. The second-order valence-corrected chi connectivity index (χ2v) is 6.34. The zero-order valence-corrected chi connectivity index (χ0v) is 14.7. The highest BCUT2D eigenvalue weighted by molar-refractivity contribution is 7.15. The molecule has 0 radical (unpaired) electrons. The number of carbonyl (C=O) groups is 1. The van der Waals surface area contributed by atoms with E-state index in [9.17, 15) is 9.59 Å². The van der Waals surface area contributed by atoms with Crippen LogP contribution in [0, 0.1) is 0 Å². The van der Waals surface area contributed by atoms with Crippen LogP contribution >= 0.6 is 11.3 Å². The lowest BCUT2D eigenvalue weighted by molar-refractivity contribution is 0.102. The summed E-state index contributed by atoms with van der Waals surface area (Å²) < 4.78 is 10.6. The molecule has 8 heteroatoms. The minimum atomic E-state index is -0.602. The van der Waals surface area contributed by atoms with E-state index in [1.165, 1.54) is 17.4 Å². The summed E-state index contributed by atoms with van der Waals surface area (Å²) in [5.41, 5.74) is -0.0793. The Morgan fingerprint density at radius 1 is 1.28 bits per heavy atom. The summed E-state index contributed by atoms with van der Waals surface area (Å²) in [4.78, 5) is 24.4. The van der Waals surface area contributed by atoms with Crippen LogP contribution in [0.25, 0.3) is 11.0 Å². The third-order valence-electron chi connectivity index (χ3n) is 3.42. The maximum atomic E-state index is 12.6. The van der Waals surface area contributed by atoms with Gasteiger partial charge in [-0.25, -0.2) is 4.79 Å². The van der Waals surface area contributed by atoms with Crippen molar-refractivity contribution < 1.29 is 13.9 Å². The summed E-state index contributed by atoms with van der Waals surface area (Å²) >= 11 is 1.32. The number of anilines is 1. The molecular formula is C17H17N3O4S. The number of hydrogen-bond donors (Lipinski definition) is 1. The Bertz CT molecular complexity index is 964. The molecule has 0 bridgehead atoms. The zero-order valence-electron chi connectivity index (χ0n) is 13.9. The molecule has 3 rings (SSSR count). The molecule has 25 heavy (non-hydrogen) atoms. The van der Waals surface area contributed by atoms with Crippen LogP contribution in [-0.4, -0.2) is 22.7 Å². The number of aromatic nitrogens is 2. The van der Waals surface area contributed by atoms with E-state index in [1.807, 2.05) is 13.8 Å². The molecule has 1 N–H and O–H groups in total. The second kappa shape index (κ2) is 7.43. The topological polar surface area (TPSA) is 94.3 Å². The first kappa shape index (κ1) is 17.1. The number of hydrogen-bond acceptors (Lipinski definition) is 7. The maximum absolute atomic E-state index is 12.6. The monoisotopic (exact) mass is 359 g/mol. The molecule has 2 heterocycles. The Morgan fingerprint density at radius 2 is 2.12 bits per heavy atom. The van der Waals surface area contributed by atoms with Crippen LogP contribution in [0.2, 0.25) is 0 Å². The Hall–Kier alpha value is -2.74. The van der Waals surface area contributed by atoms with E-state index in [2.05, 4.69) is 15.5 Å². The average molecular weight is 359 g/mol. The Labute approximate surface area is 147 Å². The molecule has 1 amide bonds. The summed E-state index contributed by atoms with van der Waals surface area (Å²) in [5, 5.41) is 12.5. The zero-order chi connectivity index (χ0) is 17.8. The Balaban J connectivity index is 1.93. The van der Waals surface area contributed by atoms with Crippen molar-refractivity contribution in [3.05, 3.63) is 45.3 Å². The molecule has 0 saturated heterocycles. The van der Waals surface area contributed by atoms with Gasteiger partial charge in [0.1, 0.15) is 16.3 Å². The molecule has 0 unspecified atom stereocenters.